The van der Waals surface area contributed by atoms with Gasteiger partial charge in [0.05, 0.1) is 6.54 Å². The summed E-state index contributed by atoms with van der Waals surface area (Å²) in [5, 5.41) is 6.29. The zero-order valence-electron chi connectivity index (χ0n) is 11.9. The summed E-state index contributed by atoms with van der Waals surface area (Å²) in [6.45, 7) is 3.63. The summed E-state index contributed by atoms with van der Waals surface area (Å²) in [4.78, 5) is 14.1. The van der Waals surface area contributed by atoms with E-state index in [1.54, 1.807) is 0 Å². The molecule has 0 aliphatic carbocycles. The Balaban J connectivity index is 1.75. The first-order chi connectivity index (χ1) is 9.63. The molecule has 0 atom stereocenters. The Morgan fingerprint density at radius 1 is 1.45 bits per heavy atom. The van der Waals surface area contributed by atoms with Crippen molar-refractivity contribution < 1.29 is 4.79 Å². The quantitative estimate of drug-likeness (QED) is 0.865. The van der Waals surface area contributed by atoms with Crippen LogP contribution in [0.5, 0.6) is 0 Å². The molecule has 1 saturated heterocycles. The Kier molecular flexibility index (Phi) is 6.01. The molecule has 1 fully saturated rings. The first-order valence-electron chi connectivity index (χ1n) is 7.08. The normalized spacial score (nSPS) is 16.4. The summed E-state index contributed by atoms with van der Waals surface area (Å²) in [6.07, 6.45) is 2.41. The molecule has 20 heavy (non-hydrogen) atoms. The number of hydrogen-bond acceptors (Lipinski definition) is 3. The number of likely N-dealkylation sites (N-methyl/N-ethyl adjacent to an activating group) is 1. The highest BCUT2D eigenvalue weighted by Gasteiger charge is 2.16. The standard InChI is InChI=1S/C15H22BrN3O/c1-19(10-12-5-7-17-8-6-12)11-15(20)18-14-4-2-3-13(16)9-14/h2-4,9,12,17H,5-8,10-11H2,1H3,(H,18,20). The van der Waals surface area contributed by atoms with Crippen molar-refractivity contribution in [3.05, 3.63) is 28.7 Å². The number of nitrogens with zero attached hydrogens (tertiary/aromatic N) is 1. The largest absolute Gasteiger partial charge is 0.325 e. The van der Waals surface area contributed by atoms with Crippen molar-refractivity contribution in [2.45, 2.75) is 12.8 Å². The zero-order valence-corrected chi connectivity index (χ0v) is 13.4. The van der Waals surface area contributed by atoms with E-state index in [2.05, 4.69) is 31.5 Å². The molecule has 1 amide bonds. The van der Waals surface area contributed by atoms with Gasteiger partial charge >= 0.3 is 0 Å². The van der Waals surface area contributed by atoms with E-state index in [0.717, 1.165) is 29.8 Å². The summed E-state index contributed by atoms with van der Waals surface area (Å²) in [6, 6.07) is 7.66. The average molecular weight is 340 g/mol. The summed E-state index contributed by atoms with van der Waals surface area (Å²) in [5.41, 5.74) is 0.833. The van der Waals surface area contributed by atoms with Crippen LogP contribution in [0, 0.1) is 5.92 Å². The minimum absolute atomic E-state index is 0.0412. The van der Waals surface area contributed by atoms with Crippen LogP contribution in [0.3, 0.4) is 0 Å². The first-order valence-corrected chi connectivity index (χ1v) is 7.87. The second-order valence-electron chi connectivity index (χ2n) is 5.45. The van der Waals surface area contributed by atoms with Crippen LogP contribution in [0.4, 0.5) is 5.69 Å². The molecule has 5 heteroatoms. The van der Waals surface area contributed by atoms with E-state index < -0.39 is 0 Å². The van der Waals surface area contributed by atoms with Crippen LogP contribution in [0.1, 0.15) is 12.8 Å². The van der Waals surface area contributed by atoms with E-state index >= 15 is 0 Å². The predicted octanol–water partition coefficient (Wildman–Crippen LogP) is 2.32. The smallest absolute Gasteiger partial charge is 0.238 e. The fraction of sp³-hybridized carbons (Fsp3) is 0.533. The van der Waals surface area contributed by atoms with Gasteiger partial charge in [0.25, 0.3) is 0 Å². The van der Waals surface area contributed by atoms with Crippen molar-refractivity contribution in [1.29, 1.82) is 0 Å². The van der Waals surface area contributed by atoms with Gasteiger partial charge in [0.2, 0.25) is 5.91 Å². The Labute approximate surface area is 129 Å². The lowest BCUT2D eigenvalue weighted by atomic mass is 9.98. The first kappa shape index (κ1) is 15.5. The van der Waals surface area contributed by atoms with E-state index in [9.17, 15) is 4.79 Å². The van der Waals surface area contributed by atoms with Gasteiger partial charge in [-0.2, -0.15) is 0 Å². The molecule has 1 aliphatic rings. The van der Waals surface area contributed by atoms with E-state index in [-0.39, 0.29) is 5.91 Å². The Hall–Kier alpha value is -0.910. The van der Waals surface area contributed by atoms with Gasteiger partial charge in [-0.3, -0.25) is 9.69 Å². The van der Waals surface area contributed by atoms with Gasteiger partial charge in [0.15, 0.2) is 0 Å². The number of halogens is 1. The monoisotopic (exact) mass is 339 g/mol. The summed E-state index contributed by atoms with van der Waals surface area (Å²) in [5.74, 6) is 0.749. The summed E-state index contributed by atoms with van der Waals surface area (Å²) < 4.78 is 0.971. The number of benzene rings is 1. The highest BCUT2D eigenvalue weighted by molar-refractivity contribution is 9.10. The number of hydrogen-bond donors (Lipinski definition) is 2. The molecule has 0 spiro atoms. The van der Waals surface area contributed by atoms with Gasteiger partial charge in [-0.1, -0.05) is 22.0 Å². The van der Waals surface area contributed by atoms with Gasteiger partial charge in [-0.05, 0) is 57.1 Å². The van der Waals surface area contributed by atoms with Crippen molar-refractivity contribution >= 4 is 27.5 Å². The molecule has 1 heterocycles. The predicted molar refractivity (Wildman–Crippen MR) is 85.9 cm³/mol. The Bertz CT molecular complexity index is 446. The second-order valence-corrected chi connectivity index (χ2v) is 6.36. The third-order valence-electron chi connectivity index (χ3n) is 3.55. The van der Waals surface area contributed by atoms with Crippen molar-refractivity contribution in [3.63, 3.8) is 0 Å². The lowest BCUT2D eigenvalue weighted by Gasteiger charge is -2.27. The maximum absolute atomic E-state index is 12.0. The fourth-order valence-electron chi connectivity index (χ4n) is 2.58. The van der Waals surface area contributed by atoms with E-state index in [0.29, 0.717) is 12.5 Å². The molecule has 0 unspecified atom stereocenters. The summed E-state index contributed by atoms with van der Waals surface area (Å²) >= 11 is 3.40. The number of piperidine rings is 1. The Morgan fingerprint density at radius 2 is 2.20 bits per heavy atom. The molecule has 110 valence electrons. The van der Waals surface area contributed by atoms with Crippen LogP contribution < -0.4 is 10.6 Å². The number of nitrogens with one attached hydrogen (secondary N) is 2. The molecular weight excluding hydrogens is 318 g/mol. The molecule has 1 aromatic rings. The molecule has 2 rings (SSSR count). The zero-order chi connectivity index (χ0) is 14.4. The van der Waals surface area contributed by atoms with E-state index in [1.165, 1.54) is 12.8 Å². The SMILES string of the molecule is CN(CC(=O)Nc1cccc(Br)c1)CC1CCNCC1. The molecule has 0 radical (unpaired) electrons. The van der Waals surface area contributed by atoms with Gasteiger partial charge < -0.3 is 10.6 Å². The minimum atomic E-state index is 0.0412. The number of rotatable bonds is 5. The van der Waals surface area contributed by atoms with Gasteiger partial charge in [0, 0.05) is 16.7 Å². The summed E-state index contributed by atoms with van der Waals surface area (Å²) in [7, 11) is 2.02. The van der Waals surface area contributed by atoms with Crippen LogP contribution in [0.15, 0.2) is 28.7 Å². The van der Waals surface area contributed by atoms with Crippen LogP contribution in [0.2, 0.25) is 0 Å². The minimum Gasteiger partial charge on any atom is -0.325 e. The molecule has 4 nitrogen and oxygen atoms in total. The van der Waals surface area contributed by atoms with E-state index in [1.807, 2.05) is 31.3 Å². The number of anilines is 1. The average Bonchev–Trinajstić information content (AvgIpc) is 2.39. The van der Waals surface area contributed by atoms with Crippen LogP contribution >= 0.6 is 15.9 Å². The third kappa shape index (κ3) is 5.23. The van der Waals surface area contributed by atoms with Crippen LogP contribution in [-0.2, 0) is 4.79 Å². The third-order valence-corrected chi connectivity index (χ3v) is 4.04. The topological polar surface area (TPSA) is 44.4 Å². The Morgan fingerprint density at radius 3 is 2.90 bits per heavy atom. The van der Waals surface area contributed by atoms with Crippen molar-refractivity contribution in [2.75, 3.05) is 38.5 Å². The molecule has 1 aliphatic heterocycles. The van der Waals surface area contributed by atoms with Gasteiger partial charge in [-0.15, -0.1) is 0 Å². The number of carbonyl (C=O) groups is 1. The highest BCUT2D eigenvalue weighted by atomic mass is 79.9. The number of amides is 1. The lowest BCUT2D eigenvalue weighted by molar-refractivity contribution is -0.117. The highest BCUT2D eigenvalue weighted by Crippen LogP contribution is 2.16. The molecule has 0 aromatic heterocycles. The van der Waals surface area contributed by atoms with Crippen molar-refractivity contribution in [3.8, 4) is 0 Å². The maximum Gasteiger partial charge on any atom is 0.238 e. The van der Waals surface area contributed by atoms with Gasteiger partial charge in [0.1, 0.15) is 0 Å². The molecule has 0 saturated carbocycles. The maximum atomic E-state index is 12.0. The van der Waals surface area contributed by atoms with Gasteiger partial charge in [-0.25, -0.2) is 0 Å². The van der Waals surface area contributed by atoms with Crippen LogP contribution in [-0.4, -0.2) is 44.0 Å². The molecule has 1 aromatic carbocycles. The van der Waals surface area contributed by atoms with Crippen LogP contribution in [0.25, 0.3) is 0 Å². The van der Waals surface area contributed by atoms with Crippen molar-refractivity contribution in [1.82, 2.24) is 10.2 Å². The van der Waals surface area contributed by atoms with Crippen molar-refractivity contribution in [2.24, 2.45) is 5.92 Å². The van der Waals surface area contributed by atoms with E-state index in [4.69, 9.17) is 0 Å². The fourth-order valence-corrected chi connectivity index (χ4v) is 2.98. The molecular formula is C15H22BrN3O. The second kappa shape index (κ2) is 7.76. The molecule has 2 N–H and O–H groups in total. The number of carbonyl (C=O) groups excluding carboxylic acids is 1. The molecule has 0 bridgehead atoms. The lowest BCUT2D eigenvalue weighted by Crippen LogP contribution is -2.37.